The van der Waals surface area contributed by atoms with Gasteiger partial charge >= 0.3 is 12.0 Å². The van der Waals surface area contributed by atoms with Crippen molar-refractivity contribution in [3.05, 3.63) is 0 Å². The molecule has 0 aromatic carbocycles. The number of amides is 1. The lowest BCUT2D eigenvalue weighted by Crippen LogP contribution is -2.36. The number of hydroxylamine groups is 1. The van der Waals surface area contributed by atoms with Crippen LogP contribution in [-0.4, -0.2) is 36.6 Å². The van der Waals surface area contributed by atoms with Gasteiger partial charge in [-0.1, -0.05) is 13.8 Å². The molecule has 1 spiro atoms. The predicted octanol–water partition coefficient (Wildman–Crippen LogP) is 2.18. The molecule has 0 aliphatic carbocycles. The number of rotatable bonds is 6. The number of nitrogens with one attached hydrogen (secondary N) is 2. The van der Waals surface area contributed by atoms with Gasteiger partial charge in [0.1, 0.15) is 18.0 Å². The Kier molecular flexibility index (Phi) is 4.97. The summed E-state index contributed by atoms with van der Waals surface area (Å²) in [6.07, 6.45) is 1.30. The van der Waals surface area contributed by atoms with E-state index in [4.69, 9.17) is 14.3 Å². The molecule has 126 valence electrons. The van der Waals surface area contributed by atoms with Gasteiger partial charge in [-0.2, -0.15) is 0 Å². The number of carbonyl (C=O) groups excluding carboxylic acids is 1. The van der Waals surface area contributed by atoms with E-state index in [2.05, 4.69) is 29.6 Å². The molecule has 22 heavy (non-hydrogen) atoms. The number of ether oxygens (including phenoxy) is 2. The molecular weight excluding hydrogens is 286 g/mol. The summed E-state index contributed by atoms with van der Waals surface area (Å²) in [5.41, 5.74) is 2.33. The average Bonchev–Trinajstić information content (AvgIpc) is 2.98. The fraction of sp³-hybridized carbons (Fsp3) is 0.867. The maximum absolute atomic E-state index is 11.8. The van der Waals surface area contributed by atoms with Crippen molar-refractivity contribution in [3.63, 3.8) is 0 Å². The summed E-state index contributed by atoms with van der Waals surface area (Å²) >= 11 is 0. The molecule has 0 radical (unpaired) electrons. The Morgan fingerprint density at radius 2 is 2.18 bits per heavy atom. The SMILES string of the molecule is CC(C)CC(CNC(=O)OC(C)(C)C)CC1=NC2(CO2)ON1. The normalized spacial score (nSPS) is 24.9. The zero-order valence-corrected chi connectivity index (χ0v) is 14.1. The largest absolute Gasteiger partial charge is 0.444 e. The van der Waals surface area contributed by atoms with Crippen LogP contribution in [0.3, 0.4) is 0 Å². The van der Waals surface area contributed by atoms with E-state index in [1.807, 2.05) is 20.8 Å². The number of aliphatic imine (C=N–C) groups is 1. The van der Waals surface area contributed by atoms with Crippen molar-refractivity contribution in [2.75, 3.05) is 13.2 Å². The zero-order valence-electron chi connectivity index (χ0n) is 14.1. The van der Waals surface area contributed by atoms with E-state index in [1.54, 1.807) is 0 Å². The molecule has 7 nitrogen and oxygen atoms in total. The van der Waals surface area contributed by atoms with Gasteiger partial charge in [-0.25, -0.2) is 20.1 Å². The van der Waals surface area contributed by atoms with E-state index in [0.29, 0.717) is 25.5 Å². The Bertz CT molecular complexity index is 439. The first kappa shape index (κ1) is 17.0. The van der Waals surface area contributed by atoms with Gasteiger partial charge in [-0.05, 0) is 39.0 Å². The van der Waals surface area contributed by atoms with E-state index in [1.165, 1.54) is 0 Å². The van der Waals surface area contributed by atoms with E-state index < -0.39 is 11.5 Å². The number of nitrogens with zero attached hydrogens (tertiary/aromatic N) is 1. The van der Waals surface area contributed by atoms with Gasteiger partial charge in [-0.15, -0.1) is 0 Å². The molecule has 0 bridgehead atoms. The summed E-state index contributed by atoms with van der Waals surface area (Å²) < 4.78 is 10.4. The maximum atomic E-state index is 11.8. The molecular formula is C15H27N3O4. The minimum Gasteiger partial charge on any atom is -0.444 e. The van der Waals surface area contributed by atoms with Crippen molar-refractivity contribution >= 4 is 11.9 Å². The quantitative estimate of drug-likeness (QED) is 0.734. The van der Waals surface area contributed by atoms with Crippen LogP contribution in [0.1, 0.15) is 47.5 Å². The predicted molar refractivity (Wildman–Crippen MR) is 82.1 cm³/mol. The lowest BCUT2D eigenvalue weighted by molar-refractivity contribution is -0.0510. The second kappa shape index (κ2) is 6.42. The fourth-order valence-electron chi connectivity index (χ4n) is 2.38. The molecule has 0 saturated carbocycles. The number of amidine groups is 1. The monoisotopic (exact) mass is 313 g/mol. The lowest BCUT2D eigenvalue weighted by Gasteiger charge is -2.22. The van der Waals surface area contributed by atoms with Crippen molar-refractivity contribution in [2.45, 2.75) is 59.0 Å². The first-order chi connectivity index (χ1) is 10.2. The Morgan fingerprint density at radius 1 is 1.50 bits per heavy atom. The molecule has 2 aliphatic rings. The van der Waals surface area contributed by atoms with Crippen LogP contribution in [0, 0.1) is 11.8 Å². The summed E-state index contributed by atoms with van der Waals surface area (Å²) in [5, 5.41) is 2.84. The van der Waals surface area contributed by atoms with Crippen molar-refractivity contribution < 1.29 is 19.1 Å². The standard InChI is InChI=1S/C15H27N3O4/c1-10(2)6-11(8-16-13(19)21-14(3,4)5)7-12-17-15(9-20-15)22-18-12/h10-11H,6-9H2,1-5H3,(H,16,19)(H,17,18). The molecule has 2 N–H and O–H groups in total. The Balaban J connectivity index is 1.82. The number of alkyl carbamates (subject to hydrolysis) is 1. The van der Waals surface area contributed by atoms with Crippen molar-refractivity contribution in [1.82, 2.24) is 10.8 Å². The molecule has 2 atom stereocenters. The van der Waals surface area contributed by atoms with Crippen molar-refractivity contribution in [1.29, 1.82) is 0 Å². The zero-order chi connectivity index (χ0) is 16.4. The second-order valence-electron chi connectivity index (χ2n) is 7.35. The molecule has 1 amide bonds. The Hall–Kier alpha value is -1.34. The summed E-state index contributed by atoms with van der Waals surface area (Å²) in [6.45, 7) is 10.9. The summed E-state index contributed by atoms with van der Waals surface area (Å²) in [6, 6.07) is 0. The van der Waals surface area contributed by atoms with E-state index in [9.17, 15) is 4.79 Å². The molecule has 0 aromatic heterocycles. The number of epoxide rings is 1. The van der Waals surface area contributed by atoms with Crippen molar-refractivity contribution in [2.24, 2.45) is 16.8 Å². The average molecular weight is 313 g/mol. The smallest absolute Gasteiger partial charge is 0.407 e. The highest BCUT2D eigenvalue weighted by Crippen LogP contribution is 2.33. The van der Waals surface area contributed by atoms with Gasteiger partial charge in [0.2, 0.25) is 0 Å². The van der Waals surface area contributed by atoms with Crippen LogP contribution in [0.5, 0.6) is 0 Å². The van der Waals surface area contributed by atoms with Gasteiger partial charge in [0.25, 0.3) is 0 Å². The summed E-state index contributed by atoms with van der Waals surface area (Å²) in [4.78, 5) is 21.4. The molecule has 0 aromatic rings. The van der Waals surface area contributed by atoms with Crippen molar-refractivity contribution in [3.8, 4) is 0 Å². The third-order valence-corrected chi connectivity index (χ3v) is 3.25. The number of hydrogen-bond acceptors (Lipinski definition) is 6. The van der Waals surface area contributed by atoms with Crippen LogP contribution in [0.2, 0.25) is 0 Å². The first-order valence-corrected chi connectivity index (χ1v) is 7.81. The summed E-state index contributed by atoms with van der Waals surface area (Å²) in [5.74, 6) is 0.793. The van der Waals surface area contributed by atoms with Gasteiger partial charge in [-0.3, -0.25) is 0 Å². The molecule has 7 heteroatoms. The van der Waals surface area contributed by atoms with Crippen LogP contribution in [-0.2, 0) is 14.3 Å². The first-order valence-electron chi connectivity index (χ1n) is 7.81. The number of carbonyl (C=O) groups is 1. The topological polar surface area (TPSA) is 84.5 Å². The van der Waals surface area contributed by atoms with Crippen LogP contribution >= 0.6 is 0 Å². The van der Waals surface area contributed by atoms with Gasteiger partial charge in [0, 0.05) is 13.0 Å². The third kappa shape index (κ3) is 5.46. The minimum atomic E-state index is -0.768. The molecule has 2 aliphatic heterocycles. The lowest BCUT2D eigenvalue weighted by atomic mass is 9.93. The van der Waals surface area contributed by atoms with E-state index >= 15 is 0 Å². The fourth-order valence-corrected chi connectivity index (χ4v) is 2.38. The van der Waals surface area contributed by atoms with Crippen LogP contribution < -0.4 is 10.8 Å². The van der Waals surface area contributed by atoms with E-state index in [-0.39, 0.29) is 12.0 Å². The van der Waals surface area contributed by atoms with Gasteiger partial charge in [0.15, 0.2) is 0 Å². The highest BCUT2D eigenvalue weighted by molar-refractivity contribution is 5.83. The molecule has 2 heterocycles. The molecule has 1 saturated heterocycles. The Morgan fingerprint density at radius 3 is 2.68 bits per heavy atom. The number of hydrogen-bond donors (Lipinski definition) is 2. The van der Waals surface area contributed by atoms with Crippen LogP contribution in [0.25, 0.3) is 0 Å². The van der Waals surface area contributed by atoms with E-state index in [0.717, 1.165) is 12.3 Å². The molecule has 1 fully saturated rings. The summed E-state index contributed by atoms with van der Waals surface area (Å²) in [7, 11) is 0. The minimum absolute atomic E-state index is 0.260. The van der Waals surface area contributed by atoms with Crippen LogP contribution in [0.4, 0.5) is 4.79 Å². The van der Waals surface area contributed by atoms with Crippen LogP contribution in [0.15, 0.2) is 4.99 Å². The Labute approximate surface area is 131 Å². The van der Waals surface area contributed by atoms with Gasteiger partial charge in [0.05, 0.1) is 0 Å². The van der Waals surface area contributed by atoms with Gasteiger partial charge < -0.3 is 14.8 Å². The molecule has 2 unspecified atom stereocenters. The highest BCUT2D eigenvalue weighted by Gasteiger charge is 2.51. The maximum Gasteiger partial charge on any atom is 0.407 e. The molecule has 2 rings (SSSR count). The highest BCUT2D eigenvalue weighted by atomic mass is 16.9. The second-order valence-corrected chi connectivity index (χ2v) is 7.35. The third-order valence-electron chi connectivity index (χ3n) is 3.25.